The number of hydrogen-bond acceptors (Lipinski definition) is 4. The number of rotatable bonds is 5. The molecule has 6 nitrogen and oxygen atoms in total. The summed E-state index contributed by atoms with van der Waals surface area (Å²) in [4.78, 5) is 12.5. The number of aromatic nitrogens is 2. The Morgan fingerprint density at radius 2 is 2.28 bits per heavy atom. The number of aryl methyl sites for hydroxylation is 2. The summed E-state index contributed by atoms with van der Waals surface area (Å²) < 4.78 is 13.0. The standard InChI is InChI=1S/C18H22ClN3O3/c1-5-24-14-7-12-6-10(2)25-15(12)8-13(14)9-20-18(23)16-11(3)21-22(4)17(16)19/h7-8,10H,5-6,9H2,1-4H3,(H,20,23). The second-order valence-corrected chi connectivity index (χ2v) is 6.55. The fraction of sp³-hybridized carbons (Fsp3) is 0.444. The van der Waals surface area contributed by atoms with Crippen LogP contribution in [-0.4, -0.2) is 28.4 Å². The summed E-state index contributed by atoms with van der Waals surface area (Å²) in [5.41, 5.74) is 3.01. The molecular weight excluding hydrogens is 342 g/mol. The van der Waals surface area contributed by atoms with E-state index in [9.17, 15) is 4.79 Å². The van der Waals surface area contributed by atoms with Gasteiger partial charge >= 0.3 is 0 Å². The van der Waals surface area contributed by atoms with E-state index in [2.05, 4.69) is 10.4 Å². The summed E-state index contributed by atoms with van der Waals surface area (Å²) in [6.45, 7) is 6.62. The van der Waals surface area contributed by atoms with E-state index in [1.165, 1.54) is 4.68 Å². The number of ether oxygens (including phenoxy) is 2. The van der Waals surface area contributed by atoms with Crippen LogP contribution in [0.4, 0.5) is 0 Å². The lowest BCUT2D eigenvalue weighted by molar-refractivity contribution is 0.0950. The molecule has 1 aromatic heterocycles. The van der Waals surface area contributed by atoms with Crippen LogP contribution in [0.2, 0.25) is 5.15 Å². The molecule has 3 rings (SSSR count). The molecule has 1 unspecified atom stereocenters. The lowest BCUT2D eigenvalue weighted by Crippen LogP contribution is -2.24. The number of amides is 1. The predicted octanol–water partition coefficient (Wildman–Crippen LogP) is 3.03. The molecule has 1 aromatic carbocycles. The van der Waals surface area contributed by atoms with Crippen LogP contribution in [0.25, 0.3) is 0 Å². The number of nitrogens with one attached hydrogen (secondary N) is 1. The van der Waals surface area contributed by atoms with Gasteiger partial charge in [-0.1, -0.05) is 11.6 Å². The number of fused-ring (bicyclic) bond motifs is 1. The average Bonchev–Trinajstić information content (AvgIpc) is 3.03. The molecule has 2 heterocycles. The molecule has 1 amide bonds. The molecule has 25 heavy (non-hydrogen) atoms. The van der Waals surface area contributed by atoms with Crippen molar-refractivity contribution < 1.29 is 14.3 Å². The van der Waals surface area contributed by atoms with Gasteiger partial charge in [0.2, 0.25) is 0 Å². The molecule has 0 saturated carbocycles. The number of carbonyl (C=O) groups excluding carboxylic acids is 1. The Bertz CT molecular complexity index is 816. The quantitative estimate of drug-likeness (QED) is 0.886. The van der Waals surface area contributed by atoms with E-state index in [0.717, 1.165) is 29.0 Å². The zero-order valence-electron chi connectivity index (χ0n) is 14.9. The van der Waals surface area contributed by atoms with Crippen LogP contribution in [0.15, 0.2) is 12.1 Å². The zero-order chi connectivity index (χ0) is 18.1. The number of halogens is 1. The first kappa shape index (κ1) is 17.6. The third-order valence-corrected chi connectivity index (χ3v) is 4.63. The fourth-order valence-electron chi connectivity index (χ4n) is 3.06. The summed E-state index contributed by atoms with van der Waals surface area (Å²) in [7, 11) is 1.71. The van der Waals surface area contributed by atoms with Gasteiger partial charge in [-0.25, -0.2) is 0 Å². The molecule has 0 aliphatic carbocycles. The minimum Gasteiger partial charge on any atom is -0.494 e. The van der Waals surface area contributed by atoms with E-state index in [0.29, 0.717) is 29.6 Å². The highest BCUT2D eigenvalue weighted by Crippen LogP contribution is 2.35. The Balaban J connectivity index is 1.80. The van der Waals surface area contributed by atoms with Crippen molar-refractivity contribution in [3.8, 4) is 11.5 Å². The van der Waals surface area contributed by atoms with Gasteiger partial charge in [-0.05, 0) is 32.9 Å². The molecule has 0 radical (unpaired) electrons. The summed E-state index contributed by atoms with van der Waals surface area (Å²) in [5.74, 6) is 1.37. The first-order valence-corrected chi connectivity index (χ1v) is 8.71. The molecule has 0 fully saturated rings. The number of nitrogens with zero attached hydrogens (tertiary/aromatic N) is 2. The van der Waals surface area contributed by atoms with Gasteiger partial charge in [0, 0.05) is 31.1 Å². The SMILES string of the molecule is CCOc1cc2c(cc1CNC(=O)c1c(C)nn(C)c1Cl)OC(C)C2. The Kier molecular flexibility index (Phi) is 4.90. The average molecular weight is 364 g/mol. The van der Waals surface area contributed by atoms with Gasteiger partial charge < -0.3 is 14.8 Å². The topological polar surface area (TPSA) is 65.4 Å². The van der Waals surface area contributed by atoms with E-state index < -0.39 is 0 Å². The lowest BCUT2D eigenvalue weighted by Gasteiger charge is -2.13. The van der Waals surface area contributed by atoms with Crippen molar-refractivity contribution in [2.24, 2.45) is 7.05 Å². The van der Waals surface area contributed by atoms with Gasteiger partial charge in [0.15, 0.2) is 0 Å². The van der Waals surface area contributed by atoms with Gasteiger partial charge in [0.25, 0.3) is 5.91 Å². The minimum atomic E-state index is -0.257. The van der Waals surface area contributed by atoms with Crippen molar-refractivity contribution >= 4 is 17.5 Å². The van der Waals surface area contributed by atoms with Crippen LogP contribution >= 0.6 is 11.6 Å². The maximum atomic E-state index is 12.5. The van der Waals surface area contributed by atoms with E-state index in [1.54, 1.807) is 14.0 Å². The van der Waals surface area contributed by atoms with Crippen LogP contribution in [0.1, 0.15) is 41.0 Å². The fourth-order valence-corrected chi connectivity index (χ4v) is 3.32. The van der Waals surface area contributed by atoms with Crippen LogP contribution in [0, 0.1) is 6.92 Å². The number of hydrogen-bond donors (Lipinski definition) is 1. The molecule has 0 saturated heterocycles. The molecule has 7 heteroatoms. The second kappa shape index (κ2) is 6.96. The predicted molar refractivity (Wildman–Crippen MR) is 95.5 cm³/mol. The molecule has 1 N–H and O–H groups in total. The number of benzene rings is 1. The Labute approximate surface area is 152 Å². The van der Waals surface area contributed by atoms with Crippen LogP contribution in [-0.2, 0) is 20.0 Å². The van der Waals surface area contributed by atoms with Crippen molar-refractivity contribution in [1.82, 2.24) is 15.1 Å². The van der Waals surface area contributed by atoms with Crippen LogP contribution < -0.4 is 14.8 Å². The molecule has 1 aliphatic rings. The van der Waals surface area contributed by atoms with Gasteiger partial charge in [-0.3, -0.25) is 9.48 Å². The molecule has 1 atom stereocenters. The maximum absolute atomic E-state index is 12.5. The third kappa shape index (κ3) is 3.44. The second-order valence-electron chi connectivity index (χ2n) is 6.19. The molecule has 1 aliphatic heterocycles. The Morgan fingerprint density at radius 1 is 1.52 bits per heavy atom. The van der Waals surface area contributed by atoms with Gasteiger partial charge in [0.05, 0.1) is 17.9 Å². The first-order chi connectivity index (χ1) is 11.9. The highest BCUT2D eigenvalue weighted by Gasteiger charge is 2.23. The van der Waals surface area contributed by atoms with Gasteiger partial charge in [-0.2, -0.15) is 5.10 Å². The summed E-state index contributed by atoms with van der Waals surface area (Å²) in [5, 5.41) is 7.39. The summed E-state index contributed by atoms with van der Waals surface area (Å²) >= 11 is 6.16. The van der Waals surface area contributed by atoms with Gasteiger partial charge in [0.1, 0.15) is 22.8 Å². The van der Waals surface area contributed by atoms with E-state index in [-0.39, 0.29) is 12.0 Å². The van der Waals surface area contributed by atoms with Crippen LogP contribution in [0.5, 0.6) is 11.5 Å². The molecule has 0 spiro atoms. The highest BCUT2D eigenvalue weighted by atomic mass is 35.5. The van der Waals surface area contributed by atoms with E-state index in [1.807, 2.05) is 26.0 Å². The Hall–Kier alpha value is -2.21. The molecule has 0 bridgehead atoms. The molecular formula is C18H22ClN3O3. The normalized spacial score (nSPS) is 15.6. The van der Waals surface area contributed by atoms with Crippen molar-refractivity contribution in [1.29, 1.82) is 0 Å². The molecule has 134 valence electrons. The van der Waals surface area contributed by atoms with E-state index in [4.69, 9.17) is 21.1 Å². The van der Waals surface area contributed by atoms with Crippen molar-refractivity contribution in [3.05, 3.63) is 39.7 Å². The first-order valence-electron chi connectivity index (χ1n) is 8.33. The zero-order valence-corrected chi connectivity index (χ0v) is 15.6. The smallest absolute Gasteiger partial charge is 0.256 e. The van der Waals surface area contributed by atoms with Crippen molar-refractivity contribution in [2.45, 2.75) is 39.8 Å². The van der Waals surface area contributed by atoms with Gasteiger partial charge in [-0.15, -0.1) is 0 Å². The lowest BCUT2D eigenvalue weighted by atomic mass is 10.1. The largest absolute Gasteiger partial charge is 0.494 e. The van der Waals surface area contributed by atoms with Crippen molar-refractivity contribution in [2.75, 3.05) is 6.61 Å². The molecule has 2 aromatic rings. The maximum Gasteiger partial charge on any atom is 0.256 e. The highest BCUT2D eigenvalue weighted by molar-refractivity contribution is 6.33. The third-order valence-electron chi connectivity index (χ3n) is 4.20. The number of carbonyl (C=O) groups is 1. The Morgan fingerprint density at radius 3 is 2.92 bits per heavy atom. The summed E-state index contributed by atoms with van der Waals surface area (Å²) in [6.07, 6.45) is 1.03. The van der Waals surface area contributed by atoms with Crippen molar-refractivity contribution in [3.63, 3.8) is 0 Å². The van der Waals surface area contributed by atoms with E-state index >= 15 is 0 Å². The van der Waals surface area contributed by atoms with Crippen LogP contribution in [0.3, 0.4) is 0 Å². The monoisotopic (exact) mass is 363 g/mol. The summed E-state index contributed by atoms with van der Waals surface area (Å²) in [6, 6.07) is 3.95. The minimum absolute atomic E-state index is 0.158.